The number of fused-ring (bicyclic) bond motifs is 3. The molecule has 1 saturated carbocycles. The smallest absolute Gasteiger partial charge is 0.317 e. The standard InChI is InChI=1S/C18H22ClNO2.ClH/c19-14-2-4-15(5-3-14)22-17(21)18(8-1-9-18)16-12-20-10-6-13(16)7-11-20;/h2-5,13,16H,1,6-12H2;1H. The molecule has 23 heavy (non-hydrogen) atoms. The molecule has 0 aromatic heterocycles. The third-order valence-electron chi connectivity index (χ3n) is 6.04. The van der Waals surface area contributed by atoms with Crippen molar-refractivity contribution in [3.63, 3.8) is 0 Å². The monoisotopic (exact) mass is 355 g/mol. The molecule has 2 bridgehead atoms. The number of carbonyl (C=O) groups is 1. The van der Waals surface area contributed by atoms with Gasteiger partial charge in [0.05, 0.1) is 5.41 Å². The summed E-state index contributed by atoms with van der Waals surface area (Å²) in [6.07, 6.45) is 5.64. The van der Waals surface area contributed by atoms with Gasteiger partial charge in [-0.3, -0.25) is 4.79 Å². The molecule has 1 atom stereocenters. The third-order valence-corrected chi connectivity index (χ3v) is 6.29. The predicted octanol–water partition coefficient (Wildman–Crippen LogP) is 4.18. The van der Waals surface area contributed by atoms with Crippen LogP contribution in [0.15, 0.2) is 24.3 Å². The van der Waals surface area contributed by atoms with Crippen molar-refractivity contribution in [1.29, 1.82) is 0 Å². The van der Waals surface area contributed by atoms with Gasteiger partial charge in [-0.25, -0.2) is 0 Å². The SMILES string of the molecule is Cl.O=C(Oc1ccc(Cl)cc1)C1(C2CN3CCC2CC3)CCC1. The van der Waals surface area contributed by atoms with Crippen molar-refractivity contribution in [2.45, 2.75) is 32.1 Å². The minimum Gasteiger partial charge on any atom is -0.426 e. The van der Waals surface area contributed by atoms with E-state index in [-0.39, 0.29) is 23.8 Å². The fourth-order valence-electron chi connectivity index (χ4n) is 4.59. The first-order chi connectivity index (χ1) is 10.7. The van der Waals surface area contributed by atoms with E-state index in [0.29, 0.717) is 22.6 Å². The summed E-state index contributed by atoms with van der Waals surface area (Å²) in [5, 5.41) is 0.663. The highest BCUT2D eigenvalue weighted by Gasteiger charge is 2.56. The molecular formula is C18H23Cl2NO2. The summed E-state index contributed by atoms with van der Waals surface area (Å²) in [7, 11) is 0. The van der Waals surface area contributed by atoms with Gasteiger partial charge in [0.25, 0.3) is 0 Å². The number of ether oxygens (including phenoxy) is 1. The molecule has 1 unspecified atom stereocenters. The molecule has 3 aliphatic heterocycles. The van der Waals surface area contributed by atoms with E-state index in [2.05, 4.69) is 4.90 Å². The molecule has 1 aliphatic carbocycles. The Kier molecular flexibility index (Phi) is 4.91. The Labute approximate surface area is 148 Å². The summed E-state index contributed by atoms with van der Waals surface area (Å²) in [6, 6.07) is 7.10. The molecule has 0 spiro atoms. The summed E-state index contributed by atoms with van der Waals surface area (Å²) in [5.74, 6) is 1.80. The number of hydrogen-bond donors (Lipinski definition) is 0. The van der Waals surface area contributed by atoms with Gasteiger partial charge in [0.15, 0.2) is 0 Å². The summed E-state index contributed by atoms with van der Waals surface area (Å²) < 4.78 is 5.72. The Bertz CT molecular complexity index is 563. The zero-order valence-electron chi connectivity index (χ0n) is 13.2. The lowest BCUT2D eigenvalue weighted by molar-refractivity contribution is -0.165. The van der Waals surface area contributed by atoms with Gasteiger partial charge in [-0.15, -0.1) is 12.4 Å². The van der Waals surface area contributed by atoms with Crippen LogP contribution in [0.25, 0.3) is 0 Å². The van der Waals surface area contributed by atoms with Crippen LogP contribution in [0.2, 0.25) is 5.02 Å². The number of piperidine rings is 3. The second-order valence-electron chi connectivity index (χ2n) is 7.10. The van der Waals surface area contributed by atoms with Crippen LogP contribution >= 0.6 is 24.0 Å². The van der Waals surface area contributed by atoms with Crippen LogP contribution in [-0.2, 0) is 4.79 Å². The first-order valence-corrected chi connectivity index (χ1v) is 8.75. The first-order valence-electron chi connectivity index (χ1n) is 8.38. The second kappa shape index (κ2) is 6.62. The normalized spacial score (nSPS) is 30.9. The van der Waals surface area contributed by atoms with Gasteiger partial charge in [0.1, 0.15) is 5.75 Å². The highest BCUT2D eigenvalue weighted by Crippen LogP contribution is 2.54. The van der Waals surface area contributed by atoms with Gasteiger partial charge in [-0.1, -0.05) is 18.0 Å². The topological polar surface area (TPSA) is 29.5 Å². The van der Waals surface area contributed by atoms with E-state index in [1.807, 2.05) is 0 Å². The maximum absolute atomic E-state index is 12.9. The molecular weight excluding hydrogens is 333 g/mol. The quantitative estimate of drug-likeness (QED) is 0.601. The highest BCUT2D eigenvalue weighted by molar-refractivity contribution is 6.30. The summed E-state index contributed by atoms with van der Waals surface area (Å²) in [4.78, 5) is 15.4. The average Bonchev–Trinajstić information content (AvgIpc) is 2.50. The van der Waals surface area contributed by atoms with Crippen molar-refractivity contribution in [2.24, 2.45) is 17.3 Å². The number of benzene rings is 1. The summed E-state index contributed by atoms with van der Waals surface area (Å²) in [6.45, 7) is 3.51. The maximum Gasteiger partial charge on any atom is 0.317 e. The van der Waals surface area contributed by atoms with Crippen LogP contribution in [0.3, 0.4) is 0 Å². The van der Waals surface area contributed by atoms with Gasteiger partial charge in [0, 0.05) is 11.6 Å². The van der Waals surface area contributed by atoms with E-state index >= 15 is 0 Å². The third kappa shape index (κ3) is 2.99. The van der Waals surface area contributed by atoms with Crippen LogP contribution in [0.5, 0.6) is 5.75 Å². The number of halogens is 2. The van der Waals surface area contributed by atoms with Crippen LogP contribution in [-0.4, -0.2) is 30.5 Å². The molecule has 126 valence electrons. The van der Waals surface area contributed by atoms with Crippen molar-refractivity contribution < 1.29 is 9.53 Å². The van der Waals surface area contributed by atoms with Gasteiger partial charge in [0.2, 0.25) is 0 Å². The molecule has 3 heterocycles. The molecule has 1 aromatic rings. The molecule has 0 amide bonds. The van der Waals surface area contributed by atoms with Gasteiger partial charge in [-0.2, -0.15) is 0 Å². The van der Waals surface area contributed by atoms with Crippen molar-refractivity contribution in [1.82, 2.24) is 4.90 Å². The molecule has 3 nitrogen and oxygen atoms in total. The fraction of sp³-hybridized carbons (Fsp3) is 0.611. The van der Waals surface area contributed by atoms with Crippen molar-refractivity contribution in [3.05, 3.63) is 29.3 Å². The minimum absolute atomic E-state index is 0. The van der Waals surface area contributed by atoms with E-state index in [1.54, 1.807) is 24.3 Å². The fourth-order valence-corrected chi connectivity index (χ4v) is 4.71. The van der Waals surface area contributed by atoms with E-state index < -0.39 is 0 Å². The lowest BCUT2D eigenvalue weighted by Gasteiger charge is -2.55. The van der Waals surface area contributed by atoms with Crippen LogP contribution < -0.4 is 4.74 Å². The number of esters is 1. The Balaban J connectivity index is 0.00000156. The number of hydrogen-bond acceptors (Lipinski definition) is 3. The Hall–Kier alpha value is -0.770. The zero-order valence-corrected chi connectivity index (χ0v) is 14.7. The van der Waals surface area contributed by atoms with E-state index in [4.69, 9.17) is 16.3 Å². The van der Waals surface area contributed by atoms with Gasteiger partial charge < -0.3 is 9.64 Å². The van der Waals surface area contributed by atoms with E-state index in [1.165, 1.54) is 25.9 Å². The highest BCUT2D eigenvalue weighted by atomic mass is 35.5. The van der Waals surface area contributed by atoms with Crippen LogP contribution in [0.1, 0.15) is 32.1 Å². The largest absolute Gasteiger partial charge is 0.426 e. The molecule has 5 heteroatoms. The number of nitrogens with zero attached hydrogens (tertiary/aromatic N) is 1. The molecule has 5 rings (SSSR count). The molecule has 3 saturated heterocycles. The lowest BCUT2D eigenvalue weighted by atomic mass is 9.55. The number of rotatable bonds is 3. The second-order valence-corrected chi connectivity index (χ2v) is 7.53. The van der Waals surface area contributed by atoms with Crippen molar-refractivity contribution in [2.75, 3.05) is 19.6 Å². The van der Waals surface area contributed by atoms with Gasteiger partial charge in [-0.05, 0) is 74.9 Å². The first kappa shape index (κ1) is 17.1. The summed E-state index contributed by atoms with van der Waals surface area (Å²) >= 11 is 5.90. The number of carbonyl (C=O) groups excluding carboxylic acids is 1. The maximum atomic E-state index is 12.9. The summed E-state index contributed by atoms with van der Waals surface area (Å²) in [5.41, 5.74) is -0.233. The lowest BCUT2D eigenvalue weighted by Crippen LogP contribution is -2.58. The zero-order chi connectivity index (χ0) is 15.2. The molecule has 0 radical (unpaired) electrons. The molecule has 4 aliphatic rings. The van der Waals surface area contributed by atoms with Crippen molar-refractivity contribution in [3.8, 4) is 5.75 Å². The molecule has 4 fully saturated rings. The predicted molar refractivity (Wildman–Crippen MR) is 93.3 cm³/mol. The Morgan fingerprint density at radius 1 is 1.17 bits per heavy atom. The minimum atomic E-state index is -0.233. The van der Waals surface area contributed by atoms with Crippen LogP contribution in [0, 0.1) is 17.3 Å². The molecule has 1 aromatic carbocycles. The molecule has 0 N–H and O–H groups in total. The van der Waals surface area contributed by atoms with Gasteiger partial charge >= 0.3 is 5.97 Å². The average molecular weight is 356 g/mol. The van der Waals surface area contributed by atoms with E-state index in [0.717, 1.165) is 25.8 Å². The Morgan fingerprint density at radius 2 is 1.83 bits per heavy atom. The van der Waals surface area contributed by atoms with Crippen LogP contribution in [0.4, 0.5) is 0 Å². The van der Waals surface area contributed by atoms with E-state index in [9.17, 15) is 4.79 Å². The Morgan fingerprint density at radius 3 is 2.30 bits per heavy atom. The van der Waals surface area contributed by atoms with Crippen molar-refractivity contribution >= 4 is 30.0 Å².